The molecule has 0 spiro atoms. The third kappa shape index (κ3) is 3.70. The Morgan fingerprint density at radius 3 is 2.82 bits per heavy atom. The number of aromatic nitrogens is 1. The number of hydrogen-bond donors (Lipinski definition) is 1. The Kier molecular flexibility index (Phi) is 5.46. The molecule has 1 aromatic heterocycles. The summed E-state index contributed by atoms with van der Waals surface area (Å²) in [5, 5.41) is 0. The topological polar surface area (TPSA) is 29.9 Å². The Bertz CT molecular complexity index is 217. The van der Waals surface area contributed by atoms with E-state index in [1.807, 2.05) is 29.1 Å². The molecule has 0 aromatic carbocycles. The number of pyridine rings is 1. The van der Waals surface area contributed by atoms with E-state index < -0.39 is 0 Å². The van der Waals surface area contributed by atoms with Gasteiger partial charge < -0.3 is 18.1 Å². The Hall–Kier alpha value is -0.120. The van der Waals surface area contributed by atoms with E-state index in [1.54, 1.807) is 0 Å². The Morgan fingerprint density at radius 1 is 1.55 bits per heavy atom. The molecular weight excluding hydrogens is 227 g/mol. The molecule has 2 N–H and O–H groups in total. The van der Waals surface area contributed by atoms with Gasteiger partial charge in [0.2, 0.25) is 0 Å². The lowest BCUT2D eigenvalue weighted by Crippen LogP contribution is -3.00. The van der Waals surface area contributed by atoms with Crippen LogP contribution in [0.25, 0.3) is 0 Å². The van der Waals surface area contributed by atoms with E-state index in [-0.39, 0.29) is 12.4 Å². The molecule has 2 nitrogen and oxygen atoms in total. The van der Waals surface area contributed by atoms with Crippen molar-refractivity contribution < 1.29 is 17.0 Å². The molecular formula is C7H10BrClN2. The SMILES string of the molecule is NCC[n+]1cccc(Br)c1.[Cl-]. The molecule has 0 atom stereocenters. The van der Waals surface area contributed by atoms with Gasteiger partial charge in [0.1, 0.15) is 0 Å². The van der Waals surface area contributed by atoms with Crippen LogP contribution in [0.1, 0.15) is 0 Å². The minimum atomic E-state index is 0. The number of hydrogen-bond acceptors (Lipinski definition) is 1. The largest absolute Gasteiger partial charge is 1.00 e. The first-order valence-corrected chi connectivity index (χ1v) is 3.97. The van der Waals surface area contributed by atoms with Gasteiger partial charge >= 0.3 is 0 Å². The highest BCUT2D eigenvalue weighted by atomic mass is 79.9. The van der Waals surface area contributed by atoms with Crippen LogP contribution in [0.3, 0.4) is 0 Å². The molecule has 4 heteroatoms. The summed E-state index contributed by atoms with van der Waals surface area (Å²) in [6.07, 6.45) is 4.00. The second kappa shape index (κ2) is 5.52. The monoisotopic (exact) mass is 236 g/mol. The molecule has 0 unspecified atom stereocenters. The van der Waals surface area contributed by atoms with Crippen LogP contribution < -0.4 is 22.7 Å². The Morgan fingerprint density at radius 2 is 2.27 bits per heavy atom. The normalized spacial score (nSPS) is 8.91. The van der Waals surface area contributed by atoms with Gasteiger partial charge in [-0.3, -0.25) is 0 Å². The van der Waals surface area contributed by atoms with Crippen molar-refractivity contribution in [1.82, 2.24) is 0 Å². The summed E-state index contributed by atoms with van der Waals surface area (Å²) in [6.45, 7) is 1.56. The molecule has 0 aliphatic heterocycles. The van der Waals surface area contributed by atoms with Crippen molar-refractivity contribution in [2.45, 2.75) is 6.54 Å². The van der Waals surface area contributed by atoms with Gasteiger partial charge in [-0.15, -0.1) is 0 Å². The number of nitrogens with two attached hydrogens (primary N) is 1. The average Bonchev–Trinajstić information content (AvgIpc) is 1.88. The zero-order valence-corrected chi connectivity index (χ0v) is 8.35. The van der Waals surface area contributed by atoms with Gasteiger partial charge in [-0.1, -0.05) is 0 Å². The predicted octanol–water partition coefficient (Wildman–Crippen LogP) is -2.30. The minimum Gasteiger partial charge on any atom is -1.00 e. The molecule has 11 heavy (non-hydrogen) atoms. The van der Waals surface area contributed by atoms with Crippen molar-refractivity contribution in [3.05, 3.63) is 29.0 Å². The fourth-order valence-corrected chi connectivity index (χ4v) is 1.19. The summed E-state index contributed by atoms with van der Waals surface area (Å²) < 4.78 is 3.13. The lowest BCUT2D eigenvalue weighted by atomic mass is 10.5. The van der Waals surface area contributed by atoms with Crippen LogP contribution in [0, 0.1) is 0 Å². The summed E-state index contributed by atoms with van der Waals surface area (Å²) in [5.74, 6) is 0. The molecule has 1 heterocycles. The number of nitrogens with zero attached hydrogens (tertiary/aromatic N) is 1. The van der Waals surface area contributed by atoms with E-state index in [0.717, 1.165) is 11.0 Å². The maximum absolute atomic E-state index is 5.37. The maximum atomic E-state index is 5.37. The molecule has 0 aliphatic rings. The van der Waals surface area contributed by atoms with Crippen LogP contribution in [0.15, 0.2) is 29.0 Å². The highest BCUT2D eigenvalue weighted by molar-refractivity contribution is 9.10. The summed E-state index contributed by atoms with van der Waals surface area (Å²) in [4.78, 5) is 0. The van der Waals surface area contributed by atoms with Gasteiger partial charge in [0.05, 0.1) is 11.0 Å². The van der Waals surface area contributed by atoms with Gasteiger partial charge in [0.25, 0.3) is 0 Å². The summed E-state index contributed by atoms with van der Waals surface area (Å²) in [6, 6.07) is 3.98. The highest BCUT2D eigenvalue weighted by Gasteiger charge is 1.96. The lowest BCUT2D eigenvalue weighted by molar-refractivity contribution is -0.695. The molecule has 0 saturated carbocycles. The first-order chi connectivity index (χ1) is 4.83. The van der Waals surface area contributed by atoms with Crippen molar-refractivity contribution in [3.63, 3.8) is 0 Å². The molecule has 62 valence electrons. The van der Waals surface area contributed by atoms with Gasteiger partial charge in [0.15, 0.2) is 18.9 Å². The van der Waals surface area contributed by atoms with Crippen molar-refractivity contribution in [3.8, 4) is 0 Å². The van der Waals surface area contributed by atoms with Gasteiger partial charge in [-0.25, -0.2) is 4.57 Å². The summed E-state index contributed by atoms with van der Waals surface area (Å²) in [7, 11) is 0. The van der Waals surface area contributed by atoms with Crippen LogP contribution in [-0.4, -0.2) is 6.54 Å². The van der Waals surface area contributed by atoms with Crippen molar-refractivity contribution in [2.75, 3.05) is 6.54 Å². The number of halogens is 2. The van der Waals surface area contributed by atoms with Gasteiger partial charge in [0, 0.05) is 6.07 Å². The molecule has 0 radical (unpaired) electrons. The van der Waals surface area contributed by atoms with Crippen LogP contribution in [-0.2, 0) is 6.54 Å². The fraction of sp³-hybridized carbons (Fsp3) is 0.286. The molecule has 0 amide bonds. The Balaban J connectivity index is 0.000001000. The van der Waals surface area contributed by atoms with E-state index in [9.17, 15) is 0 Å². The standard InChI is InChI=1S/C7H10BrN2.ClH/c8-7-2-1-4-10(6-7)5-3-9;/h1-2,4,6H,3,5,9H2;1H/q+1;/p-1. The Labute approximate surface area is 81.0 Å². The molecule has 0 aliphatic carbocycles. The lowest BCUT2D eigenvalue weighted by Gasteiger charge is -1.91. The molecule has 1 aromatic rings. The molecule has 0 bridgehead atoms. The number of rotatable bonds is 2. The van der Waals surface area contributed by atoms with E-state index in [2.05, 4.69) is 15.9 Å². The summed E-state index contributed by atoms with van der Waals surface area (Å²) in [5.41, 5.74) is 5.37. The molecule has 1 rings (SSSR count). The second-order valence-corrected chi connectivity index (χ2v) is 2.96. The van der Waals surface area contributed by atoms with Crippen LogP contribution in [0.5, 0.6) is 0 Å². The zero-order chi connectivity index (χ0) is 7.40. The van der Waals surface area contributed by atoms with Crippen molar-refractivity contribution >= 4 is 15.9 Å². The van der Waals surface area contributed by atoms with Gasteiger partial charge in [-0.2, -0.15) is 0 Å². The van der Waals surface area contributed by atoms with Crippen molar-refractivity contribution in [1.29, 1.82) is 0 Å². The predicted molar refractivity (Wildman–Crippen MR) is 43.4 cm³/mol. The van der Waals surface area contributed by atoms with E-state index in [0.29, 0.717) is 6.54 Å². The first-order valence-electron chi connectivity index (χ1n) is 3.17. The van der Waals surface area contributed by atoms with E-state index >= 15 is 0 Å². The highest BCUT2D eigenvalue weighted by Crippen LogP contribution is 2.02. The van der Waals surface area contributed by atoms with Crippen molar-refractivity contribution in [2.24, 2.45) is 5.73 Å². The third-order valence-corrected chi connectivity index (χ3v) is 1.68. The van der Waals surface area contributed by atoms with Crippen LogP contribution in [0.2, 0.25) is 0 Å². The zero-order valence-electron chi connectivity index (χ0n) is 6.00. The molecule has 0 saturated heterocycles. The smallest absolute Gasteiger partial charge is 0.183 e. The van der Waals surface area contributed by atoms with Crippen LogP contribution >= 0.6 is 15.9 Å². The maximum Gasteiger partial charge on any atom is 0.183 e. The van der Waals surface area contributed by atoms with E-state index in [4.69, 9.17) is 5.73 Å². The van der Waals surface area contributed by atoms with Gasteiger partial charge in [-0.05, 0) is 22.0 Å². The van der Waals surface area contributed by atoms with E-state index in [1.165, 1.54) is 0 Å². The summed E-state index contributed by atoms with van der Waals surface area (Å²) >= 11 is 3.37. The van der Waals surface area contributed by atoms with Crippen LogP contribution in [0.4, 0.5) is 0 Å². The fourth-order valence-electron chi connectivity index (χ4n) is 0.778. The molecule has 0 fully saturated rings. The quantitative estimate of drug-likeness (QED) is 0.576. The third-order valence-electron chi connectivity index (χ3n) is 1.21. The first kappa shape index (κ1) is 10.9. The minimum absolute atomic E-state index is 0. The average molecular weight is 238 g/mol. The second-order valence-electron chi connectivity index (χ2n) is 2.05.